The van der Waals surface area contributed by atoms with Crippen molar-refractivity contribution in [3.05, 3.63) is 118 Å². The molecule has 0 radical (unpaired) electrons. The molecule has 2 N–H and O–H groups in total. The number of benzene rings is 4. The van der Waals surface area contributed by atoms with E-state index in [4.69, 9.17) is 10.5 Å². The smallest absolute Gasteiger partial charge is 0.269 e. The molecule has 0 aliphatic carbocycles. The summed E-state index contributed by atoms with van der Waals surface area (Å²) in [6.07, 6.45) is 0. The summed E-state index contributed by atoms with van der Waals surface area (Å²) in [5, 5.41) is 23.1. The van der Waals surface area contributed by atoms with Gasteiger partial charge >= 0.3 is 0 Å². The summed E-state index contributed by atoms with van der Waals surface area (Å²) in [6.45, 7) is 2.07. The van der Waals surface area contributed by atoms with Gasteiger partial charge in [-0.05, 0) is 47.0 Å². The highest BCUT2D eigenvalue weighted by atomic mass is 16.6. The van der Waals surface area contributed by atoms with Crippen molar-refractivity contribution in [2.24, 2.45) is 0 Å². The summed E-state index contributed by atoms with van der Waals surface area (Å²) in [4.78, 5) is 15.1. The number of nitrogen functional groups attached to an aromatic ring is 1. The number of aromatic nitrogens is 1. The van der Waals surface area contributed by atoms with Gasteiger partial charge in [0.2, 0.25) is 0 Å². The average molecular weight is 487 g/mol. The van der Waals surface area contributed by atoms with Crippen LogP contribution >= 0.6 is 0 Å². The van der Waals surface area contributed by atoms with E-state index in [1.807, 2.05) is 73.7 Å². The molecule has 5 rings (SSSR count). The number of nitriles is 1. The van der Waals surface area contributed by atoms with E-state index in [1.165, 1.54) is 12.1 Å². The number of pyridine rings is 1. The van der Waals surface area contributed by atoms with Crippen molar-refractivity contribution < 1.29 is 9.66 Å². The third-order valence-corrected chi connectivity index (χ3v) is 6.26. The molecule has 180 valence electrons. The van der Waals surface area contributed by atoms with Gasteiger partial charge in [0.05, 0.1) is 4.92 Å². The molecule has 0 aliphatic heterocycles. The fourth-order valence-electron chi connectivity index (χ4n) is 4.55. The Labute approximate surface area is 213 Å². The molecule has 7 nitrogen and oxygen atoms in total. The summed E-state index contributed by atoms with van der Waals surface area (Å²) < 4.78 is 6.32. The molecule has 7 heteroatoms. The minimum Gasteiger partial charge on any atom is -0.488 e. The maximum absolute atomic E-state index is 11.0. The number of nitro groups is 1. The molecule has 0 unspecified atom stereocenters. The number of nitrogens with two attached hydrogens (primary N) is 1. The first-order valence-electron chi connectivity index (χ1n) is 11.6. The number of nitro benzene ring substituents is 1. The van der Waals surface area contributed by atoms with Gasteiger partial charge in [0.15, 0.2) is 0 Å². The Balaban J connectivity index is 1.74. The maximum atomic E-state index is 11.0. The third kappa shape index (κ3) is 4.44. The largest absolute Gasteiger partial charge is 0.488 e. The molecule has 1 aromatic heterocycles. The van der Waals surface area contributed by atoms with Crippen LogP contribution in [0.5, 0.6) is 5.75 Å². The van der Waals surface area contributed by atoms with Gasteiger partial charge in [0.25, 0.3) is 5.69 Å². The molecule has 0 amide bonds. The SMILES string of the molecule is Cc1nc(N)c(C#N)c(-c2c(OCc3ccc([N+](=O)[O-])cc3)ccc3ccccc23)c1-c1ccccc1. The van der Waals surface area contributed by atoms with Crippen molar-refractivity contribution >= 4 is 22.3 Å². The van der Waals surface area contributed by atoms with E-state index in [1.54, 1.807) is 12.1 Å². The number of rotatable bonds is 6. The minimum atomic E-state index is -0.434. The molecule has 0 aliphatic rings. The first-order chi connectivity index (χ1) is 18.0. The second-order valence-electron chi connectivity index (χ2n) is 8.56. The number of aryl methyl sites for hydroxylation is 1. The first kappa shape index (κ1) is 23.5. The molecule has 0 saturated carbocycles. The van der Waals surface area contributed by atoms with E-state index in [2.05, 4.69) is 11.1 Å². The molecule has 0 bridgehead atoms. The van der Waals surface area contributed by atoms with E-state index in [0.717, 1.165) is 33.0 Å². The lowest BCUT2D eigenvalue weighted by Crippen LogP contribution is -2.05. The number of nitrogens with zero attached hydrogens (tertiary/aromatic N) is 3. The second kappa shape index (κ2) is 9.80. The van der Waals surface area contributed by atoms with Crippen LogP contribution in [0.4, 0.5) is 11.5 Å². The zero-order valence-electron chi connectivity index (χ0n) is 20.0. The number of anilines is 1. The maximum Gasteiger partial charge on any atom is 0.269 e. The van der Waals surface area contributed by atoms with Crippen molar-refractivity contribution in [1.82, 2.24) is 4.98 Å². The topological polar surface area (TPSA) is 115 Å². The van der Waals surface area contributed by atoms with E-state index >= 15 is 0 Å². The van der Waals surface area contributed by atoms with Crippen molar-refractivity contribution in [1.29, 1.82) is 5.26 Å². The standard InChI is InChI=1S/C30H22N4O3/c1-19-27(22-8-3-2-4-9-22)29(25(17-31)30(32)33-19)28-24-10-6-5-7-21(24)13-16-26(28)37-18-20-11-14-23(15-12-20)34(35)36/h2-16H,18H2,1H3,(H2,32,33). The predicted octanol–water partition coefficient (Wildman–Crippen LogP) is 6.82. The van der Waals surface area contributed by atoms with Crippen molar-refractivity contribution in [2.45, 2.75) is 13.5 Å². The molecular formula is C30H22N4O3. The van der Waals surface area contributed by atoms with Crippen LogP contribution < -0.4 is 10.5 Å². The van der Waals surface area contributed by atoms with Crippen molar-refractivity contribution in [3.63, 3.8) is 0 Å². The van der Waals surface area contributed by atoms with Crippen molar-refractivity contribution in [2.75, 3.05) is 5.73 Å². The Morgan fingerprint density at radius 2 is 1.62 bits per heavy atom. The third-order valence-electron chi connectivity index (χ3n) is 6.26. The predicted molar refractivity (Wildman–Crippen MR) is 144 cm³/mol. The van der Waals surface area contributed by atoms with Gasteiger partial charge in [0, 0.05) is 34.5 Å². The van der Waals surface area contributed by atoms with E-state index in [-0.39, 0.29) is 23.7 Å². The molecular weight excluding hydrogens is 464 g/mol. The number of fused-ring (bicyclic) bond motifs is 1. The van der Waals surface area contributed by atoms with Gasteiger partial charge in [-0.2, -0.15) is 5.26 Å². The highest BCUT2D eigenvalue weighted by molar-refractivity contribution is 6.06. The van der Waals surface area contributed by atoms with Crippen LogP contribution in [-0.2, 0) is 6.61 Å². The summed E-state index contributed by atoms with van der Waals surface area (Å²) in [5.41, 5.74) is 11.2. The van der Waals surface area contributed by atoms with Crippen LogP contribution in [0.15, 0.2) is 91.0 Å². The molecule has 0 fully saturated rings. The highest BCUT2D eigenvalue weighted by Gasteiger charge is 2.24. The molecule has 0 spiro atoms. The quantitative estimate of drug-likeness (QED) is 0.208. The van der Waals surface area contributed by atoms with Crippen LogP contribution in [0.25, 0.3) is 33.0 Å². The molecule has 5 aromatic rings. The van der Waals surface area contributed by atoms with Crippen LogP contribution in [0, 0.1) is 28.4 Å². The van der Waals surface area contributed by atoms with E-state index in [9.17, 15) is 15.4 Å². The fourth-order valence-corrected chi connectivity index (χ4v) is 4.55. The lowest BCUT2D eigenvalue weighted by molar-refractivity contribution is -0.384. The first-order valence-corrected chi connectivity index (χ1v) is 11.6. The summed E-state index contributed by atoms with van der Waals surface area (Å²) in [5.74, 6) is 0.722. The van der Waals surface area contributed by atoms with E-state index < -0.39 is 4.92 Å². The van der Waals surface area contributed by atoms with Gasteiger partial charge in [-0.3, -0.25) is 10.1 Å². The average Bonchev–Trinajstić information content (AvgIpc) is 2.92. The number of non-ortho nitro benzene ring substituents is 1. The van der Waals surface area contributed by atoms with Crippen LogP contribution in [-0.4, -0.2) is 9.91 Å². The lowest BCUT2D eigenvalue weighted by Gasteiger charge is -2.21. The Bertz CT molecular complexity index is 1670. The molecule has 0 saturated heterocycles. The van der Waals surface area contributed by atoms with Gasteiger partial charge in [-0.25, -0.2) is 4.98 Å². The monoisotopic (exact) mass is 486 g/mol. The van der Waals surface area contributed by atoms with Crippen LogP contribution in [0.2, 0.25) is 0 Å². The molecule has 0 atom stereocenters. The van der Waals surface area contributed by atoms with Crippen LogP contribution in [0.3, 0.4) is 0 Å². The number of ether oxygens (including phenoxy) is 1. The van der Waals surface area contributed by atoms with Gasteiger partial charge in [0.1, 0.15) is 29.8 Å². The Hall–Kier alpha value is -5.22. The Kier molecular flexibility index (Phi) is 6.23. The summed E-state index contributed by atoms with van der Waals surface area (Å²) in [6, 6.07) is 30.0. The van der Waals surface area contributed by atoms with Gasteiger partial charge in [-0.1, -0.05) is 60.7 Å². The molecule has 4 aromatic carbocycles. The minimum absolute atomic E-state index is 0.0176. The molecule has 1 heterocycles. The zero-order valence-corrected chi connectivity index (χ0v) is 20.0. The highest BCUT2D eigenvalue weighted by Crippen LogP contribution is 2.46. The van der Waals surface area contributed by atoms with Gasteiger partial charge < -0.3 is 10.5 Å². The summed E-state index contributed by atoms with van der Waals surface area (Å²) >= 11 is 0. The summed E-state index contributed by atoms with van der Waals surface area (Å²) in [7, 11) is 0. The number of hydrogen-bond donors (Lipinski definition) is 1. The fraction of sp³-hybridized carbons (Fsp3) is 0.0667. The zero-order chi connectivity index (χ0) is 25.9. The molecule has 37 heavy (non-hydrogen) atoms. The lowest BCUT2D eigenvalue weighted by atomic mass is 9.87. The Morgan fingerprint density at radius 3 is 2.32 bits per heavy atom. The Morgan fingerprint density at radius 1 is 0.919 bits per heavy atom. The van der Waals surface area contributed by atoms with E-state index in [0.29, 0.717) is 17.0 Å². The normalized spacial score (nSPS) is 10.7. The van der Waals surface area contributed by atoms with Crippen LogP contribution in [0.1, 0.15) is 16.8 Å². The van der Waals surface area contributed by atoms with Gasteiger partial charge in [-0.15, -0.1) is 0 Å². The number of hydrogen-bond acceptors (Lipinski definition) is 6. The van der Waals surface area contributed by atoms with Crippen molar-refractivity contribution in [3.8, 4) is 34.1 Å². The second-order valence-corrected chi connectivity index (χ2v) is 8.56.